The van der Waals surface area contributed by atoms with Crippen LogP contribution in [0.25, 0.3) is 0 Å². The molecule has 0 amide bonds. The van der Waals surface area contributed by atoms with E-state index in [1.807, 2.05) is 44.2 Å². The lowest BCUT2D eigenvalue weighted by Gasteiger charge is -2.15. The molecule has 2 aromatic carbocycles. The standard InChI is InChI=1S/C19H22ClNO4/c1-3-24-17-9-15(10-21-11-18(22)23)8-16(20)19(17)25-12-14-6-4-13(2)5-7-14/h4-9,21H,3,10-12H2,1-2H3,(H,22,23). The number of carbonyl (C=O) groups is 1. The molecular weight excluding hydrogens is 342 g/mol. The minimum absolute atomic E-state index is 0.118. The van der Waals surface area contributed by atoms with Crippen LogP contribution in [-0.2, 0) is 17.9 Å². The van der Waals surface area contributed by atoms with Crippen LogP contribution in [0.3, 0.4) is 0 Å². The van der Waals surface area contributed by atoms with Gasteiger partial charge in [0.2, 0.25) is 0 Å². The van der Waals surface area contributed by atoms with E-state index in [-0.39, 0.29) is 6.54 Å². The lowest BCUT2D eigenvalue weighted by molar-refractivity contribution is -0.135. The summed E-state index contributed by atoms with van der Waals surface area (Å²) in [7, 11) is 0. The van der Waals surface area contributed by atoms with Gasteiger partial charge < -0.3 is 19.9 Å². The van der Waals surface area contributed by atoms with E-state index in [0.717, 1.165) is 11.1 Å². The van der Waals surface area contributed by atoms with Crippen molar-refractivity contribution < 1.29 is 19.4 Å². The largest absolute Gasteiger partial charge is 0.490 e. The van der Waals surface area contributed by atoms with Crippen LogP contribution < -0.4 is 14.8 Å². The van der Waals surface area contributed by atoms with Gasteiger partial charge in [-0.25, -0.2) is 0 Å². The first kappa shape index (κ1) is 19.1. The van der Waals surface area contributed by atoms with Crippen molar-refractivity contribution in [3.05, 3.63) is 58.1 Å². The Morgan fingerprint density at radius 1 is 1.16 bits per heavy atom. The van der Waals surface area contributed by atoms with Gasteiger partial charge in [-0.05, 0) is 37.1 Å². The average Bonchev–Trinajstić information content (AvgIpc) is 2.55. The second-order valence-electron chi connectivity index (χ2n) is 5.61. The molecule has 0 radical (unpaired) electrons. The zero-order valence-electron chi connectivity index (χ0n) is 14.3. The fourth-order valence-electron chi connectivity index (χ4n) is 2.28. The van der Waals surface area contributed by atoms with E-state index in [0.29, 0.717) is 36.3 Å². The first-order chi connectivity index (χ1) is 12.0. The van der Waals surface area contributed by atoms with E-state index in [2.05, 4.69) is 5.32 Å². The first-order valence-corrected chi connectivity index (χ1v) is 8.43. The van der Waals surface area contributed by atoms with Crippen molar-refractivity contribution in [1.29, 1.82) is 0 Å². The van der Waals surface area contributed by atoms with Crippen molar-refractivity contribution in [3.63, 3.8) is 0 Å². The smallest absolute Gasteiger partial charge is 0.317 e. The van der Waals surface area contributed by atoms with Crippen molar-refractivity contribution in [2.75, 3.05) is 13.2 Å². The highest BCUT2D eigenvalue weighted by atomic mass is 35.5. The molecule has 0 saturated heterocycles. The number of hydrogen-bond donors (Lipinski definition) is 2. The van der Waals surface area contributed by atoms with Crippen LogP contribution >= 0.6 is 11.6 Å². The first-order valence-electron chi connectivity index (χ1n) is 8.05. The number of benzene rings is 2. The summed E-state index contributed by atoms with van der Waals surface area (Å²) in [6, 6.07) is 11.6. The molecule has 25 heavy (non-hydrogen) atoms. The summed E-state index contributed by atoms with van der Waals surface area (Å²) in [4.78, 5) is 10.6. The van der Waals surface area contributed by atoms with E-state index in [1.54, 1.807) is 6.07 Å². The van der Waals surface area contributed by atoms with Crippen LogP contribution in [0.2, 0.25) is 5.02 Å². The predicted octanol–water partition coefficient (Wildman–Crippen LogP) is 3.80. The summed E-state index contributed by atoms with van der Waals surface area (Å²) < 4.78 is 11.5. The molecule has 0 unspecified atom stereocenters. The van der Waals surface area contributed by atoms with Gasteiger partial charge in [0.15, 0.2) is 11.5 Å². The summed E-state index contributed by atoms with van der Waals surface area (Å²) in [6.07, 6.45) is 0. The van der Waals surface area contributed by atoms with Gasteiger partial charge in [-0.1, -0.05) is 41.4 Å². The molecule has 2 N–H and O–H groups in total. The number of aliphatic carboxylic acids is 1. The highest BCUT2D eigenvalue weighted by Crippen LogP contribution is 2.37. The zero-order valence-corrected chi connectivity index (χ0v) is 15.1. The third-order valence-corrected chi connectivity index (χ3v) is 3.76. The number of carboxylic acid groups (broad SMARTS) is 1. The number of carboxylic acids is 1. The van der Waals surface area contributed by atoms with Gasteiger partial charge in [0.1, 0.15) is 6.61 Å². The van der Waals surface area contributed by atoms with Gasteiger partial charge in [-0.3, -0.25) is 4.79 Å². The summed E-state index contributed by atoms with van der Waals surface area (Å²) >= 11 is 6.35. The number of ether oxygens (including phenoxy) is 2. The summed E-state index contributed by atoms with van der Waals surface area (Å²) in [6.45, 7) is 5.04. The summed E-state index contributed by atoms with van der Waals surface area (Å²) in [5.74, 6) is 0.134. The molecule has 0 aliphatic rings. The maximum Gasteiger partial charge on any atom is 0.317 e. The van der Waals surface area contributed by atoms with E-state index < -0.39 is 5.97 Å². The van der Waals surface area contributed by atoms with Gasteiger partial charge in [0, 0.05) is 6.54 Å². The lowest BCUT2D eigenvalue weighted by atomic mass is 10.1. The van der Waals surface area contributed by atoms with Gasteiger partial charge in [0.05, 0.1) is 18.2 Å². The Balaban J connectivity index is 2.12. The van der Waals surface area contributed by atoms with E-state index in [1.165, 1.54) is 5.56 Å². The fourth-order valence-corrected chi connectivity index (χ4v) is 2.57. The normalized spacial score (nSPS) is 10.5. The molecule has 6 heteroatoms. The Labute approximate surface area is 152 Å². The Kier molecular flexibility index (Phi) is 7.10. The molecule has 2 rings (SSSR count). The van der Waals surface area contributed by atoms with Crippen LogP contribution in [0.4, 0.5) is 0 Å². The SMILES string of the molecule is CCOc1cc(CNCC(=O)O)cc(Cl)c1OCc1ccc(C)cc1. The van der Waals surface area contributed by atoms with Crippen molar-refractivity contribution in [2.45, 2.75) is 27.0 Å². The third kappa shape index (κ3) is 5.96. The van der Waals surface area contributed by atoms with Crippen LogP contribution in [0.5, 0.6) is 11.5 Å². The Bertz CT molecular complexity index is 716. The number of aryl methyl sites for hydroxylation is 1. The molecule has 0 aliphatic carbocycles. The van der Waals surface area contributed by atoms with Crippen LogP contribution in [0.1, 0.15) is 23.6 Å². The molecular formula is C19H22ClNO4. The maximum atomic E-state index is 10.6. The van der Waals surface area contributed by atoms with Crippen molar-refractivity contribution in [1.82, 2.24) is 5.32 Å². The van der Waals surface area contributed by atoms with E-state index in [9.17, 15) is 4.79 Å². The number of halogens is 1. The van der Waals surface area contributed by atoms with Crippen LogP contribution in [0, 0.1) is 6.92 Å². The number of rotatable bonds is 9. The van der Waals surface area contributed by atoms with Crippen molar-refractivity contribution >= 4 is 17.6 Å². The molecule has 0 heterocycles. The minimum atomic E-state index is -0.908. The van der Waals surface area contributed by atoms with E-state index >= 15 is 0 Å². The van der Waals surface area contributed by atoms with Crippen LogP contribution in [0.15, 0.2) is 36.4 Å². The quantitative estimate of drug-likeness (QED) is 0.709. The minimum Gasteiger partial charge on any atom is -0.490 e. The molecule has 0 spiro atoms. The van der Waals surface area contributed by atoms with Gasteiger partial charge >= 0.3 is 5.97 Å². The van der Waals surface area contributed by atoms with Gasteiger partial charge in [-0.2, -0.15) is 0 Å². The summed E-state index contributed by atoms with van der Waals surface area (Å²) in [5.41, 5.74) is 3.06. The number of hydrogen-bond acceptors (Lipinski definition) is 4. The highest BCUT2D eigenvalue weighted by Gasteiger charge is 2.13. The molecule has 5 nitrogen and oxygen atoms in total. The van der Waals surface area contributed by atoms with Crippen molar-refractivity contribution in [2.24, 2.45) is 0 Å². The lowest BCUT2D eigenvalue weighted by Crippen LogP contribution is -2.21. The second-order valence-corrected chi connectivity index (χ2v) is 6.02. The van der Waals surface area contributed by atoms with Gasteiger partial charge in [-0.15, -0.1) is 0 Å². The average molecular weight is 364 g/mol. The molecule has 0 aliphatic heterocycles. The zero-order chi connectivity index (χ0) is 18.2. The number of nitrogens with one attached hydrogen (secondary N) is 1. The predicted molar refractivity (Wildman–Crippen MR) is 97.5 cm³/mol. The Hall–Kier alpha value is -2.24. The maximum absolute atomic E-state index is 10.6. The molecule has 134 valence electrons. The van der Waals surface area contributed by atoms with Crippen LogP contribution in [-0.4, -0.2) is 24.2 Å². The van der Waals surface area contributed by atoms with Crippen molar-refractivity contribution in [3.8, 4) is 11.5 Å². The monoisotopic (exact) mass is 363 g/mol. The molecule has 0 atom stereocenters. The van der Waals surface area contributed by atoms with E-state index in [4.69, 9.17) is 26.2 Å². The second kappa shape index (κ2) is 9.30. The molecule has 0 aromatic heterocycles. The molecule has 0 bridgehead atoms. The fraction of sp³-hybridized carbons (Fsp3) is 0.316. The Morgan fingerprint density at radius 2 is 1.88 bits per heavy atom. The molecule has 0 fully saturated rings. The Morgan fingerprint density at radius 3 is 2.52 bits per heavy atom. The van der Waals surface area contributed by atoms with Gasteiger partial charge in [0.25, 0.3) is 0 Å². The molecule has 0 saturated carbocycles. The highest BCUT2D eigenvalue weighted by molar-refractivity contribution is 6.32. The third-order valence-electron chi connectivity index (χ3n) is 3.48. The topological polar surface area (TPSA) is 67.8 Å². The summed E-state index contributed by atoms with van der Waals surface area (Å²) in [5, 5.41) is 12.0. The molecule has 2 aromatic rings.